The van der Waals surface area contributed by atoms with Crippen LogP contribution in [0.15, 0.2) is 24.3 Å². The number of aliphatic carboxylic acids is 1. The minimum absolute atomic E-state index is 0.114. The molecule has 1 amide bonds. The number of hydrogen-bond donors (Lipinski definition) is 1. The molecule has 0 radical (unpaired) electrons. The summed E-state index contributed by atoms with van der Waals surface area (Å²) in [6.07, 6.45) is 2.13. The third kappa shape index (κ3) is 4.61. The Balaban J connectivity index is 1.77. The van der Waals surface area contributed by atoms with E-state index >= 15 is 0 Å². The lowest BCUT2D eigenvalue weighted by atomic mass is 10.2. The zero-order valence-corrected chi connectivity index (χ0v) is 13.4. The molecular formula is C17H23NO5. The maximum atomic E-state index is 12.1. The van der Waals surface area contributed by atoms with Crippen LogP contribution in [0.1, 0.15) is 32.6 Å². The van der Waals surface area contributed by atoms with Gasteiger partial charge in [-0.15, -0.1) is 0 Å². The summed E-state index contributed by atoms with van der Waals surface area (Å²) >= 11 is 0. The van der Waals surface area contributed by atoms with E-state index in [1.54, 1.807) is 0 Å². The summed E-state index contributed by atoms with van der Waals surface area (Å²) in [5.41, 5.74) is 0. The molecule has 1 aliphatic rings. The van der Waals surface area contributed by atoms with Crippen molar-refractivity contribution in [1.29, 1.82) is 0 Å². The minimum atomic E-state index is -0.919. The fourth-order valence-electron chi connectivity index (χ4n) is 2.72. The first-order valence-electron chi connectivity index (χ1n) is 8.00. The molecule has 1 N–H and O–H groups in total. The van der Waals surface area contributed by atoms with E-state index in [2.05, 4.69) is 0 Å². The number of rotatable bonds is 8. The van der Waals surface area contributed by atoms with Crippen LogP contribution in [0.4, 0.5) is 0 Å². The van der Waals surface area contributed by atoms with E-state index in [-0.39, 0.29) is 5.91 Å². The number of carboxylic acids is 1. The van der Waals surface area contributed by atoms with Gasteiger partial charge in [0.05, 0.1) is 13.2 Å². The van der Waals surface area contributed by atoms with Gasteiger partial charge in [-0.1, -0.05) is 12.1 Å². The van der Waals surface area contributed by atoms with Crippen molar-refractivity contribution in [2.45, 2.75) is 38.6 Å². The second-order valence-corrected chi connectivity index (χ2v) is 5.42. The molecule has 0 spiro atoms. The maximum Gasteiger partial charge on any atom is 0.326 e. The molecule has 23 heavy (non-hydrogen) atoms. The molecule has 1 aliphatic heterocycles. The Morgan fingerprint density at radius 2 is 1.96 bits per heavy atom. The zero-order valence-electron chi connectivity index (χ0n) is 13.4. The first-order valence-corrected chi connectivity index (χ1v) is 8.00. The monoisotopic (exact) mass is 321 g/mol. The molecule has 1 heterocycles. The highest BCUT2D eigenvalue weighted by Gasteiger charge is 2.33. The van der Waals surface area contributed by atoms with Crippen LogP contribution in [0, 0.1) is 0 Å². The van der Waals surface area contributed by atoms with E-state index in [0.717, 1.165) is 6.42 Å². The SMILES string of the molecule is CCOc1ccccc1OCCCC(=O)N1CCCC1C(=O)O. The number of nitrogens with zero attached hydrogens (tertiary/aromatic N) is 1. The van der Waals surface area contributed by atoms with Gasteiger partial charge in [-0.05, 0) is 38.3 Å². The van der Waals surface area contributed by atoms with Gasteiger partial charge in [-0.3, -0.25) is 4.79 Å². The topological polar surface area (TPSA) is 76.1 Å². The Labute approximate surface area is 136 Å². The fourth-order valence-corrected chi connectivity index (χ4v) is 2.72. The van der Waals surface area contributed by atoms with Gasteiger partial charge in [-0.2, -0.15) is 0 Å². The molecule has 1 atom stereocenters. The average Bonchev–Trinajstić information content (AvgIpc) is 3.03. The highest BCUT2D eigenvalue weighted by molar-refractivity contribution is 5.84. The Hall–Kier alpha value is -2.24. The lowest BCUT2D eigenvalue weighted by Gasteiger charge is -2.21. The van der Waals surface area contributed by atoms with Crippen LogP contribution >= 0.6 is 0 Å². The quantitative estimate of drug-likeness (QED) is 0.744. The Bertz CT molecular complexity index is 546. The van der Waals surface area contributed by atoms with E-state index in [4.69, 9.17) is 14.6 Å². The standard InChI is InChI=1S/C17H23NO5/c1-2-22-14-8-3-4-9-15(14)23-12-6-10-16(19)18-11-5-7-13(18)17(20)21/h3-4,8-9,13H,2,5-7,10-12H2,1H3,(H,20,21). The first-order chi connectivity index (χ1) is 11.1. The molecule has 1 fully saturated rings. The molecule has 6 heteroatoms. The summed E-state index contributed by atoms with van der Waals surface area (Å²) in [7, 11) is 0. The number of carbonyl (C=O) groups is 2. The summed E-state index contributed by atoms with van der Waals surface area (Å²) in [6, 6.07) is 6.74. The van der Waals surface area contributed by atoms with E-state index in [1.165, 1.54) is 4.90 Å². The van der Waals surface area contributed by atoms with Crippen molar-refractivity contribution in [2.24, 2.45) is 0 Å². The van der Waals surface area contributed by atoms with Gasteiger partial charge in [0, 0.05) is 13.0 Å². The highest BCUT2D eigenvalue weighted by Crippen LogP contribution is 2.26. The third-order valence-corrected chi connectivity index (χ3v) is 3.80. The van der Waals surface area contributed by atoms with Crippen LogP contribution in [-0.4, -0.2) is 47.7 Å². The van der Waals surface area contributed by atoms with Crippen molar-refractivity contribution in [2.75, 3.05) is 19.8 Å². The number of likely N-dealkylation sites (tertiary alicyclic amines) is 1. The highest BCUT2D eigenvalue weighted by atomic mass is 16.5. The molecule has 126 valence electrons. The van der Waals surface area contributed by atoms with Gasteiger partial charge in [0.25, 0.3) is 0 Å². The van der Waals surface area contributed by atoms with E-state index in [0.29, 0.717) is 50.5 Å². The van der Waals surface area contributed by atoms with Gasteiger partial charge in [0.2, 0.25) is 5.91 Å². The smallest absolute Gasteiger partial charge is 0.326 e. The van der Waals surface area contributed by atoms with Gasteiger partial charge >= 0.3 is 5.97 Å². The Kier molecular flexibility index (Phi) is 6.26. The normalized spacial score (nSPS) is 17.1. The number of benzene rings is 1. The summed E-state index contributed by atoms with van der Waals surface area (Å²) in [6.45, 7) is 3.39. The van der Waals surface area contributed by atoms with Gasteiger partial charge in [0.15, 0.2) is 11.5 Å². The van der Waals surface area contributed by atoms with Crippen LogP contribution in [0.3, 0.4) is 0 Å². The molecule has 1 unspecified atom stereocenters. The second kappa shape index (κ2) is 8.41. The van der Waals surface area contributed by atoms with E-state index in [1.807, 2.05) is 31.2 Å². The summed E-state index contributed by atoms with van der Waals surface area (Å²) < 4.78 is 11.1. The Morgan fingerprint density at radius 3 is 2.61 bits per heavy atom. The number of para-hydroxylation sites is 2. The number of hydrogen-bond acceptors (Lipinski definition) is 4. The van der Waals surface area contributed by atoms with Crippen molar-refractivity contribution in [3.63, 3.8) is 0 Å². The lowest BCUT2D eigenvalue weighted by Crippen LogP contribution is -2.40. The van der Waals surface area contributed by atoms with Gasteiger partial charge < -0.3 is 19.5 Å². The van der Waals surface area contributed by atoms with Crippen molar-refractivity contribution < 1.29 is 24.2 Å². The number of ether oxygens (including phenoxy) is 2. The van der Waals surface area contributed by atoms with E-state index < -0.39 is 12.0 Å². The first kappa shape index (κ1) is 17.1. The van der Waals surface area contributed by atoms with Gasteiger partial charge in [-0.25, -0.2) is 4.79 Å². The molecular weight excluding hydrogens is 298 g/mol. The molecule has 0 saturated carbocycles. The van der Waals surface area contributed by atoms with Crippen LogP contribution in [-0.2, 0) is 9.59 Å². The van der Waals surface area contributed by atoms with Crippen LogP contribution < -0.4 is 9.47 Å². The summed E-state index contributed by atoms with van der Waals surface area (Å²) in [5, 5.41) is 9.10. The zero-order chi connectivity index (χ0) is 16.7. The maximum absolute atomic E-state index is 12.1. The van der Waals surface area contributed by atoms with Crippen molar-refractivity contribution in [3.05, 3.63) is 24.3 Å². The predicted molar refractivity (Wildman–Crippen MR) is 84.7 cm³/mol. The molecule has 0 aromatic heterocycles. The summed E-state index contributed by atoms with van der Waals surface area (Å²) in [5.74, 6) is 0.313. The average molecular weight is 321 g/mol. The van der Waals surface area contributed by atoms with Crippen molar-refractivity contribution in [3.8, 4) is 11.5 Å². The molecule has 0 aliphatic carbocycles. The van der Waals surface area contributed by atoms with Crippen LogP contribution in [0.25, 0.3) is 0 Å². The number of carbonyl (C=O) groups excluding carboxylic acids is 1. The number of amides is 1. The summed E-state index contributed by atoms with van der Waals surface area (Å²) in [4.78, 5) is 24.7. The molecule has 1 aromatic carbocycles. The molecule has 6 nitrogen and oxygen atoms in total. The van der Waals surface area contributed by atoms with E-state index in [9.17, 15) is 9.59 Å². The molecule has 1 saturated heterocycles. The van der Waals surface area contributed by atoms with Crippen LogP contribution in [0.5, 0.6) is 11.5 Å². The molecule has 0 bridgehead atoms. The number of carboxylic acid groups (broad SMARTS) is 1. The largest absolute Gasteiger partial charge is 0.490 e. The predicted octanol–water partition coefficient (Wildman–Crippen LogP) is 2.32. The lowest BCUT2D eigenvalue weighted by molar-refractivity contribution is -0.148. The Morgan fingerprint density at radius 1 is 1.26 bits per heavy atom. The molecule has 2 rings (SSSR count). The second-order valence-electron chi connectivity index (χ2n) is 5.42. The van der Waals surface area contributed by atoms with Crippen LogP contribution in [0.2, 0.25) is 0 Å². The molecule has 1 aromatic rings. The van der Waals surface area contributed by atoms with Crippen molar-refractivity contribution in [1.82, 2.24) is 4.90 Å². The fraction of sp³-hybridized carbons (Fsp3) is 0.529. The van der Waals surface area contributed by atoms with Gasteiger partial charge in [0.1, 0.15) is 6.04 Å². The minimum Gasteiger partial charge on any atom is -0.490 e. The van der Waals surface area contributed by atoms with Crippen molar-refractivity contribution >= 4 is 11.9 Å². The third-order valence-electron chi connectivity index (χ3n) is 3.80.